The molecule has 0 aromatic heterocycles. The van der Waals surface area contributed by atoms with Crippen LogP contribution in [0.1, 0.15) is 32.1 Å². The van der Waals surface area contributed by atoms with Crippen LogP contribution in [0, 0.1) is 11.8 Å². The van der Waals surface area contributed by atoms with Crippen LogP contribution in [0.2, 0.25) is 0 Å². The molecule has 0 radical (unpaired) electrons. The van der Waals surface area contributed by atoms with E-state index in [9.17, 15) is 9.59 Å². The van der Waals surface area contributed by atoms with Gasteiger partial charge in [0.25, 0.3) is 0 Å². The van der Waals surface area contributed by atoms with Gasteiger partial charge in [0.1, 0.15) is 0 Å². The molecule has 3 atom stereocenters. The zero-order valence-electron chi connectivity index (χ0n) is 12.1. The maximum Gasteiger partial charge on any atom is 0.315 e. The quantitative estimate of drug-likeness (QED) is 0.715. The summed E-state index contributed by atoms with van der Waals surface area (Å²) in [6, 6.07) is 0.0361. The minimum Gasteiger partial charge on any atom is -0.481 e. The van der Waals surface area contributed by atoms with Crippen molar-refractivity contribution in [1.82, 2.24) is 15.5 Å². The van der Waals surface area contributed by atoms with Crippen molar-refractivity contribution < 1.29 is 14.7 Å². The number of likely N-dealkylation sites (tertiary alicyclic amines) is 1. The van der Waals surface area contributed by atoms with Crippen LogP contribution in [-0.2, 0) is 4.79 Å². The Morgan fingerprint density at radius 2 is 2.05 bits per heavy atom. The lowest BCUT2D eigenvalue weighted by atomic mass is 9.96. The normalized spacial score (nSPS) is 30.9. The third-order valence-electron chi connectivity index (χ3n) is 4.46. The van der Waals surface area contributed by atoms with E-state index in [0.717, 1.165) is 45.2 Å². The molecule has 1 saturated heterocycles. The van der Waals surface area contributed by atoms with Crippen molar-refractivity contribution >= 4 is 12.0 Å². The van der Waals surface area contributed by atoms with Gasteiger partial charge < -0.3 is 20.6 Å². The number of urea groups is 1. The first kappa shape index (κ1) is 15.1. The Kier molecular flexibility index (Phi) is 5.23. The first-order chi connectivity index (χ1) is 9.56. The molecule has 6 heteroatoms. The SMILES string of the molecule is CN1CCCC(NC(=O)NCC2CCCC2C(=O)O)C1. The molecule has 1 aliphatic carbocycles. The van der Waals surface area contributed by atoms with Gasteiger partial charge in [-0.25, -0.2) is 4.79 Å². The molecule has 1 aliphatic heterocycles. The Morgan fingerprint density at radius 3 is 2.75 bits per heavy atom. The van der Waals surface area contributed by atoms with Crippen molar-refractivity contribution in [2.24, 2.45) is 11.8 Å². The number of aliphatic carboxylic acids is 1. The third-order valence-corrected chi connectivity index (χ3v) is 4.46. The Balaban J connectivity index is 1.70. The first-order valence-corrected chi connectivity index (χ1v) is 7.52. The summed E-state index contributed by atoms with van der Waals surface area (Å²) < 4.78 is 0. The second-order valence-corrected chi connectivity index (χ2v) is 6.09. The highest BCUT2D eigenvalue weighted by molar-refractivity contribution is 5.74. The largest absolute Gasteiger partial charge is 0.481 e. The number of piperidine rings is 1. The summed E-state index contributed by atoms with van der Waals surface area (Å²) in [5, 5.41) is 14.9. The van der Waals surface area contributed by atoms with Gasteiger partial charge in [-0.15, -0.1) is 0 Å². The van der Waals surface area contributed by atoms with Crippen LogP contribution in [-0.4, -0.2) is 54.7 Å². The molecule has 20 heavy (non-hydrogen) atoms. The molecule has 2 amide bonds. The summed E-state index contributed by atoms with van der Waals surface area (Å²) in [4.78, 5) is 25.2. The smallest absolute Gasteiger partial charge is 0.315 e. The number of hydrogen-bond donors (Lipinski definition) is 3. The molecule has 1 heterocycles. The molecule has 1 saturated carbocycles. The number of likely N-dealkylation sites (N-methyl/N-ethyl adjacent to an activating group) is 1. The standard InChI is InChI=1S/C14H25N3O3/c1-17-7-3-5-11(9-17)16-14(20)15-8-10-4-2-6-12(10)13(18)19/h10-12H,2-9H2,1H3,(H,18,19)(H2,15,16,20). The molecule has 2 rings (SSSR count). The monoisotopic (exact) mass is 283 g/mol. The number of nitrogens with one attached hydrogen (secondary N) is 2. The number of carbonyl (C=O) groups is 2. The van der Waals surface area contributed by atoms with E-state index in [-0.39, 0.29) is 23.9 Å². The summed E-state index contributed by atoms with van der Waals surface area (Å²) in [5.41, 5.74) is 0. The Morgan fingerprint density at radius 1 is 1.25 bits per heavy atom. The predicted molar refractivity (Wildman–Crippen MR) is 75.5 cm³/mol. The van der Waals surface area contributed by atoms with Crippen LogP contribution >= 0.6 is 0 Å². The zero-order chi connectivity index (χ0) is 14.5. The fraction of sp³-hybridized carbons (Fsp3) is 0.857. The molecular weight excluding hydrogens is 258 g/mol. The van der Waals surface area contributed by atoms with Gasteiger partial charge in [-0.3, -0.25) is 4.79 Å². The van der Waals surface area contributed by atoms with Gasteiger partial charge in [-0.1, -0.05) is 6.42 Å². The van der Waals surface area contributed by atoms with Gasteiger partial charge in [0.2, 0.25) is 0 Å². The summed E-state index contributed by atoms with van der Waals surface area (Å²) in [6.07, 6.45) is 4.68. The highest BCUT2D eigenvalue weighted by Crippen LogP contribution is 2.31. The van der Waals surface area contributed by atoms with E-state index in [4.69, 9.17) is 5.11 Å². The molecule has 3 unspecified atom stereocenters. The molecule has 6 nitrogen and oxygen atoms in total. The molecule has 0 aromatic rings. The number of hydrogen-bond acceptors (Lipinski definition) is 3. The number of amides is 2. The van der Waals surface area contributed by atoms with Crippen molar-refractivity contribution in [2.75, 3.05) is 26.7 Å². The van der Waals surface area contributed by atoms with Crippen LogP contribution in [0.4, 0.5) is 4.79 Å². The van der Waals surface area contributed by atoms with Crippen LogP contribution in [0.3, 0.4) is 0 Å². The van der Waals surface area contributed by atoms with E-state index in [1.807, 2.05) is 0 Å². The fourth-order valence-electron chi connectivity index (χ4n) is 3.35. The number of carboxylic acids is 1. The average Bonchev–Trinajstić information content (AvgIpc) is 2.85. The Hall–Kier alpha value is -1.30. The van der Waals surface area contributed by atoms with E-state index < -0.39 is 5.97 Å². The van der Waals surface area contributed by atoms with Crippen molar-refractivity contribution in [3.8, 4) is 0 Å². The summed E-state index contributed by atoms with van der Waals surface area (Å²) in [6.45, 7) is 2.43. The van der Waals surface area contributed by atoms with E-state index in [2.05, 4.69) is 22.6 Å². The van der Waals surface area contributed by atoms with E-state index in [0.29, 0.717) is 6.54 Å². The van der Waals surface area contributed by atoms with Crippen LogP contribution in [0.5, 0.6) is 0 Å². The number of rotatable bonds is 4. The molecule has 2 aliphatic rings. The Labute approximate surface area is 119 Å². The first-order valence-electron chi connectivity index (χ1n) is 7.52. The fourth-order valence-corrected chi connectivity index (χ4v) is 3.35. The van der Waals surface area contributed by atoms with Gasteiger partial charge in [0.15, 0.2) is 0 Å². The van der Waals surface area contributed by atoms with Crippen LogP contribution in [0.25, 0.3) is 0 Å². The summed E-state index contributed by atoms with van der Waals surface area (Å²) in [5.74, 6) is -0.952. The molecular formula is C14H25N3O3. The van der Waals surface area contributed by atoms with Crippen molar-refractivity contribution in [2.45, 2.75) is 38.1 Å². The lowest BCUT2D eigenvalue weighted by Crippen LogP contribution is -2.50. The van der Waals surface area contributed by atoms with E-state index in [1.165, 1.54) is 0 Å². The zero-order valence-corrected chi connectivity index (χ0v) is 12.1. The van der Waals surface area contributed by atoms with Gasteiger partial charge in [-0.05, 0) is 45.2 Å². The second kappa shape index (κ2) is 6.92. The van der Waals surface area contributed by atoms with E-state index in [1.54, 1.807) is 0 Å². The molecule has 114 valence electrons. The highest BCUT2D eigenvalue weighted by atomic mass is 16.4. The number of carbonyl (C=O) groups excluding carboxylic acids is 1. The average molecular weight is 283 g/mol. The van der Waals surface area contributed by atoms with Crippen LogP contribution in [0.15, 0.2) is 0 Å². The number of nitrogens with zero attached hydrogens (tertiary/aromatic N) is 1. The molecule has 0 bridgehead atoms. The number of carboxylic acid groups (broad SMARTS) is 1. The van der Waals surface area contributed by atoms with Gasteiger partial charge >= 0.3 is 12.0 Å². The van der Waals surface area contributed by atoms with Crippen LogP contribution < -0.4 is 10.6 Å². The summed E-state index contributed by atoms with van der Waals surface area (Å²) in [7, 11) is 2.06. The molecule has 0 aromatic carbocycles. The predicted octanol–water partition coefficient (Wildman–Crippen LogP) is 0.881. The van der Waals surface area contributed by atoms with Gasteiger partial charge in [-0.2, -0.15) is 0 Å². The third kappa shape index (κ3) is 4.10. The topological polar surface area (TPSA) is 81.7 Å². The van der Waals surface area contributed by atoms with Crippen molar-refractivity contribution in [3.63, 3.8) is 0 Å². The maximum atomic E-state index is 11.9. The highest BCUT2D eigenvalue weighted by Gasteiger charge is 2.33. The minimum atomic E-state index is -0.733. The second-order valence-electron chi connectivity index (χ2n) is 6.09. The maximum absolute atomic E-state index is 11.9. The molecule has 3 N–H and O–H groups in total. The minimum absolute atomic E-state index is 0.0762. The molecule has 0 spiro atoms. The van der Waals surface area contributed by atoms with Gasteiger partial charge in [0, 0.05) is 19.1 Å². The van der Waals surface area contributed by atoms with Gasteiger partial charge in [0.05, 0.1) is 5.92 Å². The lowest BCUT2D eigenvalue weighted by molar-refractivity contribution is -0.142. The van der Waals surface area contributed by atoms with Crippen molar-refractivity contribution in [1.29, 1.82) is 0 Å². The van der Waals surface area contributed by atoms with E-state index >= 15 is 0 Å². The summed E-state index contributed by atoms with van der Waals surface area (Å²) >= 11 is 0. The Bertz CT molecular complexity index is 362. The lowest BCUT2D eigenvalue weighted by Gasteiger charge is -2.30. The molecule has 2 fully saturated rings. The van der Waals surface area contributed by atoms with Crippen molar-refractivity contribution in [3.05, 3.63) is 0 Å².